The zero-order chi connectivity index (χ0) is 21.4. The average Bonchev–Trinajstić information content (AvgIpc) is 3.23. The zero-order valence-electron chi connectivity index (χ0n) is 16.9. The van der Waals surface area contributed by atoms with E-state index in [-0.39, 0.29) is 12.0 Å². The van der Waals surface area contributed by atoms with Gasteiger partial charge in [0.05, 0.1) is 29.6 Å². The molecule has 0 unspecified atom stereocenters. The fourth-order valence-electron chi connectivity index (χ4n) is 4.13. The maximum Gasteiger partial charge on any atom is 0.274 e. The highest BCUT2D eigenvalue weighted by molar-refractivity contribution is 6.33. The number of halogens is 2. The van der Waals surface area contributed by atoms with Crippen LogP contribution in [0.3, 0.4) is 0 Å². The topological polar surface area (TPSA) is 50.6 Å². The predicted octanol–water partition coefficient (Wildman–Crippen LogP) is 4.42. The van der Waals surface area contributed by atoms with Crippen LogP contribution in [0.15, 0.2) is 54.6 Å². The van der Waals surface area contributed by atoms with Gasteiger partial charge in [0, 0.05) is 31.2 Å². The van der Waals surface area contributed by atoms with Gasteiger partial charge in [-0.15, -0.1) is 0 Å². The molecule has 160 valence electrons. The molecule has 0 bridgehead atoms. The number of carbonyl (C=O) groups excluding carboxylic acids is 1. The zero-order valence-corrected chi connectivity index (χ0v) is 18.4. The van der Waals surface area contributed by atoms with Crippen molar-refractivity contribution in [3.63, 3.8) is 0 Å². The Morgan fingerprint density at radius 1 is 1.00 bits per heavy atom. The van der Waals surface area contributed by atoms with Crippen molar-refractivity contribution >= 4 is 34.8 Å². The number of para-hydroxylation sites is 1. The van der Waals surface area contributed by atoms with Crippen molar-refractivity contribution in [2.45, 2.75) is 19.3 Å². The third-order valence-corrected chi connectivity index (χ3v) is 6.43. The Labute approximate surface area is 190 Å². The van der Waals surface area contributed by atoms with Gasteiger partial charge in [-0.25, -0.2) is 0 Å². The molecule has 5 rings (SSSR count). The molecule has 31 heavy (non-hydrogen) atoms. The number of piperazine rings is 1. The van der Waals surface area contributed by atoms with E-state index in [1.165, 1.54) is 0 Å². The summed E-state index contributed by atoms with van der Waals surface area (Å²) < 4.78 is 7.88. The number of aromatic nitrogens is 2. The van der Waals surface area contributed by atoms with Gasteiger partial charge >= 0.3 is 0 Å². The summed E-state index contributed by atoms with van der Waals surface area (Å²) in [7, 11) is 0. The van der Waals surface area contributed by atoms with Gasteiger partial charge < -0.3 is 14.5 Å². The summed E-state index contributed by atoms with van der Waals surface area (Å²) in [5.74, 6) is -0.0382. The van der Waals surface area contributed by atoms with Crippen LogP contribution in [0, 0.1) is 0 Å². The smallest absolute Gasteiger partial charge is 0.274 e. The van der Waals surface area contributed by atoms with Crippen molar-refractivity contribution in [3.8, 4) is 0 Å². The van der Waals surface area contributed by atoms with E-state index in [9.17, 15) is 4.79 Å². The predicted molar refractivity (Wildman–Crippen MR) is 121 cm³/mol. The van der Waals surface area contributed by atoms with Gasteiger partial charge in [0.25, 0.3) is 5.91 Å². The van der Waals surface area contributed by atoms with Gasteiger partial charge in [0.15, 0.2) is 5.69 Å². The number of hydrogen-bond donors (Lipinski definition) is 0. The number of nitrogens with zero attached hydrogens (tertiary/aromatic N) is 4. The number of ether oxygens (including phenoxy) is 1. The van der Waals surface area contributed by atoms with Gasteiger partial charge in [-0.05, 0) is 35.9 Å². The molecule has 0 radical (unpaired) electrons. The summed E-state index contributed by atoms with van der Waals surface area (Å²) in [6.45, 7) is 3.75. The molecule has 1 saturated heterocycles. The monoisotopic (exact) mass is 456 g/mol. The Kier molecular flexibility index (Phi) is 5.61. The van der Waals surface area contributed by atoms with E-state index in [0.717, 1.165) is 35.1 Å². The van der Waals surface area contributed by atoms with Crippen molar-refractivity contribution in [3.05, 3.63) is 81.6 Å². The fourth-order valence-corrected chi connectivity index (χ4v) is 4.51. The lowest BCUT2D eigenvalue weighted by molar-refractivity contribution is -0.00121. The maximum atomic E-state index is 13.1. The molecule has 2 aliphatic rings. The van der Waals surface area contributed by atoms with E-state index in [1.54, 1.807) is 0 Å². The van der Waals surface area contributed by atoms with Crippen LogP contribution in [0.2, 0.25) is 10.0 Å². The number of hydrogen-bond acceptors (Lipinski definition) is 4. The number of carbonyl (C=O) groups is 1. The lowest BCUT2D eigenvalue weighted by Gasteiger charge is -2.36. The second kappa shape index (κ2) is 8.54. The van der Waals surface area contributed by atoms with E-state index in [1.807, 2.05) is 64.2 Å². The van der Waals surface area contributed by atoms with Crippen LogP contribution in [-0.2, 0) is 17.9 Å². The van der Waals surface area contributed by atoms with Crippen molar-refractivity contribution < 1.29 is 9.53 Å². The number of amides is 1. The first-order valence-corrected chi connectivity index (χ1v) is 11.1. The van der Waals surface area contributed by atoms with Gasteiger partial charge in [-0.3, -0.25) is 9.48 Å². The van der Waals surface area contributed by atoms with Crippen molar-refractivity contribution in [2.24, 2.45) is 0 Å². The Balaban J connectivity index is 1.25. The molecule has 0 spiro atoms. The lowest BCUT2D eigenvalue weighted by atomic mass is 10.1. The lowest BCUT2D eigenvalue weighted by Crippen LogP contribution is -2.49. The van der Waals surface area contributed by atoms with Crippen LogP contribution in [-0.4, -0.2) is 46.8 Å². The van der Waals surface area contributed by atoms with Crippen LogP contribution in [0.5, 0.6) is 0 Å². The SMILES string of the molecule is O=C(c1cc2n(n1)C[C@@H](c1ccc(Cl)cc1)OC2)N1CCN(c2ccccc2Cl)CC1. The summed E-state index contributed by atoms with van der Waals surface area (Å²) in [5.41, 5.74) is 3.46. The summed E-state index contributed by atoms with van der Waals surface area (Å²) in [5, 5.41) is 6.03. The highest BCUT2D eigenvalue weighted by Gasteiger charge is 2.28. The second-order valence-electron chi connectivity index (χ2n) is 7.78. The molecule has 3 heterocycles. The van der Waals surface area contributed by atoms with Crippen LogP contribution >= 0.6 is 23.2 Å². The molecule has 1 amide bonds. The number of fused-ring (bicyclic) bond motifs is 1. The molecule has 0 aliphatic carbocycles. The molecule has 0 N–H and O–H groups in total. The minimum atomic E-state index is -0.105. The minimum Gasteiger partial charge on any atom is -0.367 e. The molecule has 1 aromatic heterocycles. The first-order valence-electron chi connectivity index (χ1n) is 10.3. The first-order chi connectivity index (χ1) is 15.1. The Morgan fingerprint density at radius 3 is 2.48 bits per heavy atom. The third-order valence-electron chi connectivity index (χ3n) is 5.86. The van der Waals surface area contributed by atoms with Crippen LogP contribution in [0.4, 0.5) is 5.69 Å². The quantitative estimate of drug-likeness (QED) is 0.584. The summed E-state index contributed by atoms with van der Waals surface area (Å²) in [4.78, 5) is 17.1. The maximum absolute atomic E-state index is 13.1. The van der Waals surface area contributed by atoms with Gasteiger partial charge in [-0.2, -0.15) is 5.10 Å². The van der Waals surface area contributed by atoms with E-state index >= 15 is 0 Å². The van der Waals surface area contributed by atoms with Gasteiger partial charge in [0.2, 0.25) is 0 Å². The van der Waals surface area contributed by atoms with Crippen molar-refractivity contribution in [1.82, 2.24) is 14.7 Å². The second-order valence-corrected chi connectivity index (χ2v) is 8.63. The fraction of sp³-hybridized carbons (Fsp3) is 0.304. The Bertz CT molecular complexity index is 1090. The van der Waals surface area contributed by atoms with Gasteiger partial charge in [-0.1, -0.05) is 47.5 Å². The molecule has 6 nitrogen and oxygen atoms in total. The average molecular weight is 457 g/mol. The van der Waals surface area contributed by atoms with E-state index in [2.05, 4.69) is 10.00 Å². The Hall–Kier alpha value is -2.54. The number of benzene rings is 2. The minimum absolute atomic E-state index is 0.0382. The van der Waals surface area contributed by atoms with E-state index < -0.39 is 0 Å². The van der Waals surface area contributed by atoms with E-state index in [0.29, 0.717) is 37.0 Å². The molecule has 3 aromatic rings. The highest BCUT2D eigenvalue weighted by atomic mass is 35.5. The van der Waals surface area contributed by atoms with Crippen LogP contribution in [0.25, 0.3) is 0 Å². The molecule has 2 aliphatic heterocycles. The molecule has 1 fully saturated rings. The number of anilines is 1. The summed E-state index contributed by atoms with van der Waals surface area (Å²) in [6, 6.07) is 17.3. The number of rotatable bonds is 3. The van der Waals surface area contributed by atoms with Crippen molar-refractivity contribution in [1.29, 1.82) is 0 Å². The summed E-state index contributed by atoms with van der Waals surface area (Å²) in [6.07, 6.45) is -0.105. The van der Waals surface area contributed by atoms with Crippen molar-refractivity contribution in [2.75, 3.05) is 31.1 Å². The third kappa shape index (κ3) is 4.15. The molecule has 0 saturated carbocycles. The van der Waals surface area contributed by atoms with Gasteiger partial charge in [0.1, 0.15) is 6.10 Å². The normalized spacial score (nSPS) is 18.7. The highest BCUT2D eigenvalue weighted by Crippen LogP contribution is 2.29. The first kappa shape index (κ1) is 20.4. The van der Waals surface area contributed by atoms with Crippen LogP contribution in [0.1, 0.15) is 27.8 Å². The molecular weight excluding hydrogens is 435 g/mol. The van der Waals surface area contributed by atoms with Crippen LogP contribution < -0.4 is 4.90 Å². The Morgan fingerprint density at radius 2 is 1.74 bits per heavy atom. The molecular formula is C23H22Cl2N4O2. The molecule has 1 atom stereocenters. The molecule has 2 aromatic carbocycles. The standard InChI is InChI=1S/C23H22Cl2N4O2/c24-17-7-5-16(6-8-17)22-14-29-18(15-31-22)13-20(26-29)23(30)28-11-9-27(10-12-28)21-4-2-1-3-19(21)25/h1-8,13,22H,9-12,14-15H2/t22-/m0/s1. The molecule has 8 heteroatoms. The summed E-state index contributed by atoms with van der Waals surface area (Å²) >= 11 is 12.3. The largest absolute Gasteiger partial charge is 0.367 e. The van der Waals surface area contributed by atoms with E-state index in [4.69, 9.17) is 27.9 Å².